The number of rotatable bonds is 12. The van der Waals surface area contributed by atoms with Crippen molar-refractivity contribution >= 4 is 0 Å². The summed E-state index contributed by atoms with van der Waals surface area (Å²) in [5, 5.41) is 0. The Bertz CT molecular complexity index is 161. The highest BCUT2D eigenvalue weighted by molar-refractivity contribution is 4.64. The summed E-state index contributed by atoms with van der Waals surface area (Å²) in [7, 11) is 0. The van der Waals surface area contributed by atoms with Crippen molar-refractivity contribution in [2.24, 2.45) is 17.8 Å². The highest BCUT2D eigenvalue weighted by Gasteiger charge is 2.11. The molecule has 0 nitrogen and oxygen atoms in total. The van der Waals surface area contributed by atoms with Crippen molar-refractivity contribution in [1.82, 2.24) is 0 Å². The van der Waals surface area contributed by atoms with Gasteiger partial charge in [0.05, 0.1) is 0 Å². The Hall–Kier alpha value is 0. The highest BCUT2D eigenvalue weighted by atomic mass is 14.2. The molecule has 0 heterocycles. The maximum absolute atomic E-state index is 2.46. The molecular weight excluding hydrogens is 216 g/mol. The lowest BCUT2D eigenvalue weighted by Gasteiger charge is -2.20. The van der Waals surface area contributed by atoms with E-state index in [0.29, 0.717) is 0 Å². The van der Waals surface area contributed by atoms with Gasteiger partial charge in [0.1, 0.15) is 0 Å². The average Bonchev–Trinajstić information content (AvgIpc) is 2.28. The Balaban J connectivity index is 3.51. The Morgan fingerprint density at radius 1 is 0.556 bits per heavy atom. The molecule has 3 atom stereocenters. The third-order valence-electron chi connectivity index (χ3n) is 4.19. The van der Waals surface area contributed by atoms with Gasteiger partial charge in [0.15, 0.2) is 0 Å². The maximum Gasteiger partial charge on any atom is -0.0438 e. The molecule has 0 aromatic carbocycles. The molecule has 0 saturated heterocycles. The van der Waals surface area contributed by atoms with Crippen LogP contribution in [0.25, 0.3) is 0 Å². The summed E-state index contributed by atoms with van der Waals surface area (Å²) < 4.78 is 0. The topological polar surface area (TPSA) is 0 Å². The van der Waals surface area contributed by atoms with Gasteiger partial charge >= 0.3 is 0 Å². The van der Waals surface area contributed by atoms with Crippen LogP contribution in [0.15, 0.2) is 0 Å². The molecule has 0 radical (unpaired) electrons. The van der Waals surface area contributed by atoms with Gasteiger partial charge in [-0.15, -0.1) is 0 Å². The standard InChI is InChI=1S/C18H38/c1-6-8-9-10-11-13-17(4)15-18(5)14-16(3)12-7-2/h16-18H,6-15H2,1-5H3. The van der Waals surface area contributed by atoms with Crippen LogP contribution in [0.2, 0.25) is 0 Å². The van der Waals surface area contributed by atoms with Gasteiger partial charge in [-0.25, -0.2) is 0 Å². The Labute approximate surface area is 117 Å². The molecule has 0 saturated carbocycles. The van der Waals surface area contributed by atoms with Crippen molar-refractivity contribution in [1.29, 1.82) is 0 Å². The van der Waals surface area contributed by atoms with Gasteiger partial charge in [-0.2, -0.15) is 0 Å². The normalized spacial score (nSPS) is 16.5. The van der Waals surface area contributed by atoms with Crippen LogP contribution in [0.5, 0.6) is 0 Å². The first-order valence-corrected chi connectivity index (χ1v) is 8.60. The van der Waals surface area contributed by atoms with Crippen molar-refractivity contribution in [3.63, 3.8) is 0 Å². The monoisotopic (exact) mass is 254 g/mol. The highest BCUT2D eigenvalue weighted by Crippen LogP contribution is 2.25. The Morgan fingerprint density at radius 2 is 1.11 bits per heavy atom. The fraction of sp³-hybridized carbons (Fsp3) is 1.00. The molecule has 0 rings (SSSR count). The minimum atomic E-state index is 0.928. The summed E-state index contributed by atoms with van der Waals surface area (Å²) in [5.41, 5.74) is 0. The first-order valence-electron chi connectivity index (χ1n) is 8.60. The van der Waals surface area contributed by atoms with E-state index < -0.39 is 0 Å². The lowest BCUT2D eigenvalue weighted by atomic mass is 9.86. The SMILES string of the molecule is CCCCCCCC(C)CC(C)CC(C)CCC. The molecule has 0 aliphatic rings. The molecule has 0 fully saturated rings. The molecule has 0 amide bonds. The van der Waals surface area contributed by atoms with Crippen molar-refractivity contribution in [2.45, 2.75) is 98.8 Å². The van der Waals surface area contributed by atoms with Gasteiger partial charge < -0.3 is 0 Å². The molecule has 18 heavy (non-hydrogen) atoms. The number of hydrogen-bond donors (Lipinski definition) is 0. The van der Waals surface area contributed by atoms with E-state index in [9.17, 15) is 0 Å². The molecular formula is C18H38. The van der Waals surface area contributed by atoms with Crippen LogP contribution >= 0.6 is 0 Å². The van der Waals surface area contributed by atoms with E-state index in [1.165, 1.54) is 64.2 Å². The average molecular weight is 255 g/mol. The fourth-order valence-corrected chi connectivity index (χ4v) is 3.29. The number of hydrogen-bond acceptors (Lipinski definition) is 0. The van der Waals surface area contributed by atoms with E-state index in [4.69, 9.17) is 0 Å². The van der Waals surface area contributed by atoms with E-state index >= 15 is 0 Å². The van der Waals surface area contributed by atoms with E-state index in [1.807, 2.05) is 0 Å². The molecule has 0 spiro atoms. The number of unbranched alkanes of at least 4 members (excludes halogenated alkanes) is 4. The van der Waals surface area contributed by atoms with Crippen LogP contribution in [-0.4, -0.2) is 0 Å². The zero-order valence-corrected chi connectivity index (χ0v) is 13.8. The summed E-state index contributed by atoms with van der Waals surface area (Å²) in [4.78, 5) is 0. The van der Waals surface area contributed by atoms with Crippen LogP contribution in [0.3, 0.4) is 0 Å². The molecule has 0 aliphatic carbocycles. The van der Waals surface area contributed by atoms with Gasteiger partial charge in [0, 0.05) is 0 Å². The maximum atomic E-state index is 2.46. The van der Waals surface area contributed by atoms with Crippen LogP contribution in [-0.2, 0) is 0 Å². The summed E-state index contributed by atoms with van der Waals surface area (Å²) >= 11 is 0. The second kappa shape index (κ2) is 12.1. The van der Waals surface area contributed by atoms with Crippen LogP contribution in [0, 0.1) is 17.8 Å². The molecule has 3 unspecified atom stereocenters. The fourth-order valence-electron chi connectivity index (χ4n) is 3.29. The van der Waals surface area contributed by atoms with Crippen molar-refractivity contribution in [2.75, 3.05) is 0 Å². The summed E-state index contributed by atoms with van der Waals surface area (Å²) in [5.74, 6) is 2.80. The Kier molecular flexibility index (Phi) is 12.1. The predicted molar refractivity (Wildman–Crippen MR) is 85.0 cm³/mol. The van der Waals surface area contributed by atoms with E-state index in [0.717, 1.165) is 17.8 Å². The third-order valence-corrected chi connectivity index (χ3v) is 4.19. The van der Waals surface area contributed by atoms with Crippen LogP contribution in [0.1, 0.15) is 98.8 Å². The summed E-state index contributed by atoms with van der Waals surface area (Å²) in [6.07, 6.45) is 14.3. The second-order valence-electron chi connectivity index (χ2n) is 6.78. The molecule has 0 aromatic rings. The van der Waals surface area contributed by atoms with Gasteiger partial charge in [0.2, 0.25) is 0 Å². The van der Waals surface area contributed by atoms with Crippen molar-refractivity contribution in [3.05, 3.63) is 0 Å². The van der Waals surface area contributed by atoms with Crippen LogP contribution in [0.4, 0.5) is 0 Å². The van der Waals surface area contributed by atoms with E-state index in [-0.39, 0.29) is 0 Å². The van der Waals surface area contributed by atoms with Crippen molar-refractivity contribution in [3.8, 4) is 0 Å². The first kappa shape index (κ1) is 18.0. The Morgan fingerprint density at radius 3 is 1.67 bits per heavy atom. The summed E-state index contributed by atoms with van der Waals surface area (Å²) in [6, 6.07) is 0. The summed E-state index contributed by atoms with van der Waals surface area (Å²) in [6.45, 7) is 11.9. The van der Waals surface area contributed by atoms with Gasteiger partial charge in [-0.3, -0.25) is 0 Å². The smallest absolute Gasteiger partial charge is 0.0438 e. The minimum absolute atomic E-state index is 0.928. The molecule has 0 bridgehead atoms. The second-order valence-corrected chi connectivity index (χ2v) is 6.78. The lowest BCUT2D eigenvalue weighted by Crippen LogP contribution is -2.07. The van der Waals surface area contributed by atoms with E-state index in [2.05, 4.69) is 34.6 Å². The molecule has 0 heteroatoms. The quantitative estimate of drug-likeness (QED) is 0.335. The van der Waals surface area contributed by atoms with Crippen LogP contribution < -0.4 is 0 Å². The van der Waals surface area contributed by atoms with Gasteiger partial charge in [-0.05, 0) is 30.6 Å². The minimum Gasteiger partial charge on any atom is -0.0654 e. The van der Waals surface area contributed by atoms with Gasteiger partial charge in [0.25, 0.3) is 0 Å². The zero-order valence-electron chi connectivity index (χ0n) is 13.8. The van der Waals surface area contributed by atoms with Crippen molar-refractivity contribution < 1.29 is 0 Å². The molecule has 0 aromatic heterocycles. The lowest BCUT2D eigenvalue weighted by molar-refractivity contribution is 0.319. The van der Waals surface area contributed by atoms with Gasteiger partial charge in [-0.1, -0.05) is 86.0 Å². The predicted octanol–water partition coefficient (Wildman–Crippen LogP) is 6.84. The first-order chi connectivity index (χ1) is 8.60. The third kappa shape index (κ3) is 11.1. The van der Waals surface area contributed by atoms with E-state index in [1.54, 1.807) is 0 Å². The zero-order chi connectivity index (χ0) is 13.8. The molecule has 0 aliphatic heterocycles. The molecule has 110 valence electrons. The largest absolute Gasteiger partial charge is 0.0654 e. The molecule has 0 N–H and O–H groups in total.